The van der Waals surface area contributed by atoms with Crippen LogP contribution in [0.1, 0.15) is 15.1 Å². The van der Waals surface area contributed by atoms with Crippen LogP contribution >= 0.6 is 0 Å². The van der Waals surface area contributed by atoms with Gasteiger partial charge in [-0.25, -0.2) is 0 Å². The molecule has 10 rings (SSSR count). The van der Waals surface area contributed by atoms with E-state index in [2.05, 4.69) is 0 Å². The van der Waals surface area contributed by atoms with Crippen molar-refractivity contribution >= 4 is 43.5 Å². The van der Waals surface area contributed by atoms with Crippen LogP contribution in [0.15, 0.2) is 198 Å². The Bertz CT molecular complexity index is 3440. The maximum atomic E-state index is 9.53. The van der Waals surface area contributed by atoms with Gasteiger partial charge in [-0.15, -0.1) is 0 Å². The first-order chi connectivity index (χ1) is 29.9. The van der Waals surface area contributed by atoms with E-state index in [1.54, 1.807) is 24.3 Å². The van der Waals surface area contributed by atoms with Gasteiger partial charge in [0.05, 0.1) is 15.1 Å². The van der Waals surface area contributed by atoms with Crippen molar-refractivity contribution in [1.29, 1.82) is 0 Å². The van der Waals surface area contributed by atoms with Crippen molar-refractivity contribution in [3.8, 4) is 55.6 Å². The summed E-state index contributed by atoms with van der Waals surface area (Å²) in [5.41, 5.74) is 4.92. The summed E-state index contributed by atoms with van der Waals surface area (Å²) in [6.45, 7) is 0. The molecule has 0 amide bonds. The van der Waals surface area contributed by atoms with Gasteiger partial charge in [0.25, 0.3) is 0 Å². The van der Waals surface area contributed by atoms with Crippen molar-refractivity contribution in [2.24, 2.45) is 0 Å². The summed E-state index contributed by atoms with van der Waals surface area (Å²) in [7, 11) is 0. The molecule has 0 atom stereocenters. The summed E-state index contributed by atoms with van der Waals surface area (Å²) in [6.07, 6.45) is 0. The molecule has 238 valence electrons. The van der Waals surface area contributed by atoms with Crippen LogP contribution in [0.3, 0.4) is 0 Å². The lowest BCUT2D eigenvalue weighted by Gasteiger charge is -2.19. The molecule has 0 aliphatic heterocycles. The van der Waals surface area contributed by atoms with Crippen molar-refractivity contribution in [3.63, 3.8) is 0 Å². The van der Waals surface area contributed by atoms with Gasteiger partial charge < -0.3 is 4.42 Å². The Balaban J connectivity index is 1.33. The minimum absolute atomic E-state index is 0.0106. The van der Waals surface area contributed by atoms with Gasteiger partial charge >= 0.3 is 0 Å². The van der Waals surface area contributed by atoms with Gasteiger partial charge in [0.15, 0.2) is 0 Å². The van der Waals surface area contributed by atoms with Crippen molar-refractivity contribution in [2.75, 3.05) is 0 Å². The second-order valence-electron chi connectivity index (χ2n) is 12.3. The van der Waals surface area contributed by atoms with Crippen molar-refractivity contribution in [2.45, 2.75) is 0 Å². The van der Waals surface area contributed by atoms with Crippen LogP contribution < -0.4 is 0 Å². The topological polar surface area (TPSA) is 13.1 Å². The normalized spacial score (nSPS) is 14.5. The SMILES string of the molecule is [2H]c1c([2H])c([2H])c(-c2cc(-c3c4ccccc4c(-c4c([2H])c([2H])c([2H])c5oc6c([2H])c(-c7ccccc7)c([2H])c([2H])c6c45)c4ccccc34)ccc2-c2ccccc2)c([2H])c1[2H]. The molecule has 0 aliphatic rings. The van der Waals surface area contributed by atoms with E-state index in [9.17, 15) is 4.11 Å². The minimum Gasteiger partial charge on any atom is -0.456 e. The van der Waals surface area contributed by atoms with E-state index >= 15 is 0 Å². The molecule has 0 saturated carbocycles. The standard InChI is InChI=1S/C50H32O/c1-4-15-33(16-5-1)36-27-30-43-47(32-36)51-46-26-14-25-44(50(43)46)49-41-23-12-10-21-39(41)48(40-22-11-13-24-42(40)49)37-28-29-38(34-17-6-2-7-18-34)45(31-37)35-19-8-3-9-20-35/h1-32H/i3D,8D,9D,14D,19D,20D,25D,26D,27D,30D,32D. The zero-order valence-corrected chi connectivity index (χ0v) is 27.0. The summed E-state index contributed by atoms with van der Waals surface area (Å²) in [5, 5.41) is 3.14. The van der Waals surface area contributed by atoms with E-state index in [-0.39, 0.29) is 80.9 Å². The summed E-state index contributed by atoms with van der Waals surface area (Å²) < 4.78 is 105. The third kappa shape index (κ3) is 4.86. The van der Waals surface area contributed by atoms with Crippen molar-refractivity contribution < 1.29 is 19.5 Å². The lowest BCUT2D eigenvalue weighted by atomic mass is 9.83. The van der Waals surface area contributed by atoms with Crippen molar-refractivity contribution in [3.05, 3.63) is 194 Å². The molecule has 1 heterocycles. The third-order valence-corrected chi connectivity index (χ3v) is 9.48. The van der Waals surface area contributed by atoms with Crippen LogP contribution in [0.4, 0.5) is 0 Å². The van der Waals surface area contributed by atoms with E-state index in [1.165, 1.54) is 0 Å². The molecule has 1 nitrogen and oxygen atoms in total. The predicted octanol–water partition coefficient (Wildman–Crippen LogP) is 14.2. The molecular formula is C50H32O. The van der Waals surface area contributed by atoms with E-state index in [1.807, 2.05) is 103 Å². The highest BCUT2D eigenvalue weighted by Crippen LogP contribution is 2.48. The van der Waals surface area contributed by atoms with E-state index in [4.69, 9.17) is 15.4 Å². The Labute approximate surface area is 312 Å². The second kappa shape index (κ2) is 12.0. The lowest BCUT2D eigenvalue weighted by molar-refractivity contribution is 0.669. The molecule has 0 radical (unpaired) electrons. The molecule has 0 aliphatic carbocycles. The summed E-state index contributed by atoms with van der Waals surface area (Å²) in [5.74, 6) is 0. The number of benzene rings is 9. The Kier molecular flexibility index (Phi) is 4.73. The van der Waals surface area contributed by atoms with Gasteiger partial charge in [0, 0.05) is 10.8 Å². The molecule has 1 aromatic heterocycles. The fraction of sp³-hybridized carbons (Fsp3) is 0. The predicted molar refractivity (Wildman–Crippen MR) is 216 cm³/mol. The average molecular weight is 660 g/mol. The number of furan rings is 1. The molecule has 0 spiro atoms. The van der Waals surface area contributed by atoms with Gasteiger partial charge in [-0.2, -0.15) is 0 Å². The molecule has 9 aromatic carbocycles. The maximum absolute atomic E-state index is 9.53. The quantitative estimate of drug-likeness (QED) is 0.168. The number of rotatable bonds is 5. The lowest BCUT2D eigenvalue weighted by Crippen LogP contribution is -1.93. The molecular weight excluding hydrogens is 617 g/mol. The monoisotopic (exact) mass is 659 g/mol. The van der Waals surface area contributed by atoms with Crippen LogP contribution in [0.5, 0.6) is 0 Å². The zero-order chi connectivity index (χ0) is 43.3. The van der Waals surface area contributed by atoms with Gasteiger partial charge in [0.1, 0.15) is 11.2 Å². The first-order valence-electron chi connectivity index (χ1n) is 22.1. The first kappa shape index (κ1) is 20.1. The molecule has 0 N–H and O–H groups in total. The minimum atomic E-state index is -0.483. The maximum Gasteiger partial charge on any atom is 0.136 e. The van der Waals surface area contributed by atoms with E-state index in [0.717, 1.165) is 21.9 Å². The number of hydrogen-bond acceptors (Lipinski definition) is 1. The summed E-state index contributed by atoms with van der Waals surface area (Å²) in [6, 6.07) is 35.7. The molecule has 0 unspecified atom stereocenters. The van der Waals surface area contributed by atoms with Gasteiger partial charge in [-0.3, -0.25) is 0 Å². The van der Waals surface area contributed by atoms with Crippen LogP contribution in [0, 0.1) is 0 Å². The van der Waals surface area contributed by atoms with Gasteiger partial charge in [0.2, 0.25) is 0 Å². The van der Waals surface area contributed by atoms with Gasteiger partial charge in [-0.1, -0.05) is 170 Å². The third-order valence-electron chi connectivity index (χ3n) is 9.48. The fourth-order valence-electron chi connectivity index (χ4n) is 7.25. The highest BCUT2D eigenvalue weighted by atomic mass is 16.3. The average Bonchev–Trinajstić information content (AvgIpc) is 3.70. The fourth-order valence-corrected chi connectivity index (χ4v) is 7.25. The van der Waals surface area contributed by atoms with Crippen LogP contribution in [0.25, 0.3) is 99.1 Å². The Morgan fingerprint density at radius 3 is 1.67 bits per heavy atom. The van der Waals surface area contributed by atoms with Crippen molar-refractivity contribution in [1.82, 2.24) is 0 Å². The molecule has 10 aromatic rings. The molecule has 0 bridgehead atoms. The highest BCUT2D eigenvalue weighted by molar-refractivity contribution is 6.25. The molecule has 1 heteroatoms. The van der Waals surface area contributed by atoms with Crippen LogP contribution in [-0.4, -0.2) is 0 Å². The van der Waals surface area contributed by atoms with Crippen LogP contribution in [0.2, 0.25) is 0 Å². The molecule has 51 heavy (non-hydrogen) atoms. The smallest absolute Gasteiger partial charge is 0.136 e. The number of hydrogen-bond donors (Lipinski definition) is 0. The second-order valence-corrected chi connectivity index (χ2v) is 12.3. The van der Waals surface area contributed by atoms with Crippen LogP contribution in [-0.2, 0) is 0 Å². The van der Waals surface area contributed by atoms with E-state index in [0.29, 0.717) is 38.6 Å². The molecule has 0 saturated heterocycles. The summed E-state index contributed by atoms with van der Waals surface area (Å²) >= 11 is 0. The number of fused-ring (bicyclic) bond motifs is 5. The Morgan fingerprint density at radius 2 is 0.980 bits per heavy atom. The zero-order valence-electron chi connectivity index (χ0n) is 38.0. The largest absolute Gasteiger partial charge is 0.456 e. The molecule has 0 fully saturated rings. The highest BCUT2D eigenvalue weighted by Gasteiger charge is 2.21. The Hall–Kier alpha value is -6.70. The van der Waals surface area contributed by atoms with E-state index < -0.39 is 24.2 Å². The Morgan fingerprint density at radius 1 is 0.353 bits per heavy atom. The summed E-state index contributed by atoms with van der Waals surface area (Å²) in [4.78, 5) is 0. The first-order valence-corrected chi connectivity index (χ1v) is 16.6. The van der Waals surface area contributed by atoms with Gasteiger partial charge in [-0.05, 0) is 101 Å².